The van der Waals surface area contributed by atoms with E-state index in [1.54, 1.807) is 19.0 Å². The summed E-state index contributed by atoms with van der Waals surface area (Å²) in [6.07, 6.45) is 1.72. The summed E-state index contributed by atoms with van der Waals surface area (Å²) in [6, 6.07) is 8.12. The van der Waals surface area contributed by atoms with E-state index in [0.717, 1.165) is 37.3 Å². The van der Waals surface area contributed by atoms with Gasteiger partial charge in [-0.1, -0.05) is 18.2 Å². The molecule has 1 aromatic carbocycles. The van der Waals surface area contributed by atoms with Crippen LogP contribution >= 0.6 is 0 Å². The number of amides is 1. The average molecular weight is 362 g/mol. The Morgan fingerprint density at radius 1 is 1.38 bits per heavy atom. The molecule has 0 saturated heterocycles. The molecule has 0 fully saturated rings. The maximum absolute atomic E-state index is 11.9. The topological polar surface area (TPSA) is 75.2 Å². The Morgan fingerprint density at radius 2 is 2.19 bits per heavy atom. The minimum Gasteiger partial charge on any atom is -0.493 e. The van der Waals surface area contributed by atoms with Crippen LogP contribution in [0.3, 0.4) is 0 Å². The maximum Gasteiger partial charge on any atom is 0.243 e. The van der Waals surface area contributed by atoms with E-state index in [-0.39, 0.29) is 18.5 Å². The lowest BCUT2D eigenvalue weighted by atomic mass is 10.0. The van der Waals surface area contributed by atoms with Crippen molar-refractivity contribution in [3.8, 4) is 5.75 Å². The van der Waals surface area contributed by atoms with Gasteiger partial charge in [0.1, 0.15) is 12.3 Å². The van der Waals surface area contributed by atoms with Crippen molar-refractivity contribution in [1.82, 2.24) is 15.5 Å². The van der Waals surface area contributed by atoms with Crippen LogP contribution in [0, 0.1) is 0 Å². The molecule has 7 heteroatoms. The van der Waals surface area contributed by atoms with Crippen LogP contribution in [0.2, 0.25) is 0 Å². The van der Waals surface area contributed by atoms with Crippen molar-refractivity contribution in [2.24, 2.45) is 4.99 Å². The number of carbonyl (C=O) groups excluding carboxylic acids is 1. The molecule has 1 atom stereocenters. The molecule has 2 rings (SSSR count). The van der Waals surface area contributed by atoms with E-state index in [4.69, 9.17) is 9.47 Å². The smallest absolute Gasteiger partial charge is 0.243 e. The van der Waals surface area contributed by atoms with Gasteiger partial charge in [-0.3, -0.25) is 4.79 Å². The molecule has 1 heterocycles. The highest BCUT2D eigenvalue weighted by Gasteiger charge is 2.22. The molecule has 0 radical (unpaired) electrons. The van der Waals surface area contributed by atoms with E-state index < -0.39 is 0 Å². The quantitative estimate of drug-likeness (QED) is 0.417. The first-order valence-electron chi connectivity index (χ1n) is 9.16. The van der Waals surface area contributed by atoms with Gasteiger partial charge in [0.15, 0.2) is 5.96 Å². The van der Waals surface area contributed by atoms with Gasteiger partial charge in [0.05, 0.1) is 12.6 Å². The number of carbonyl (C=O) groups is 1. The molecule has 0 aromatic heterocycles. The Kier molecular flexibility index (Phi) is 8.21. The Morgan fingerprint density at radius 3 is 2.96 bits per heavy atom. The number of likely N-dealkylation sites (N-methyl/N-ethyl adjacent to an activating group) is 1. The first kappa shape index (κ1) is 20.0. The van der Waals surface area contributed by atoms with Crippen molar-refractivity contribution in [2.75, 3.05) is 47.0 Å². The molecule has 7 nitrogen and oxygen atoms in total. The molecular formula is C19H30N4O3. The number of guanidine groups is 1. The molecule has 26 heavy (non-hydrogen) atoms. The number of rotatable bonds is 8. The van der Waals surface area contributed by atoms with Crippen LogP contribution in [0.15, 0.2) is 29.3 Å². The van der Waals surface area contributed by atoms with E-state index >= 15 is 0 Å². The zero-order valence-corrected chi connectivity index (χ0v) is 16.0. The lowest BCUT2D eigenvalue weighted by molar-refractivity contribution is -0.127. The van der Waals surface area contributed by atoms with E-state index in [1.165, 1.54) is 0 Å². The molecule has 0 saturated carbocycles. The van der Waals surface area contributed by atoms with Gasteiger partial charge in [0, 0.05) is 45.8 Å². The standard InChI is InChI=1S/C19H30N4O3/c1-4-25-12-7-11-20-19(21-14-18(24)23(2)3)22-16-10-13-26-17-9-6-5-8-15(16)17/h5-6,8-9,16H,4,7,10-14H2,1-3H3,(H2,20,21,22). The summed E-state index contributed by atoms with van der Waals surface area (Å²) < 4.78 is 11.1. The fourth-order valence-electron chi connectivity index (χ4n) is 2.62. The summed E-state index contributed by atoms with van der Waals surface area (Å²) >= 11 is 0. The first-order valence-corrected chi connectivity index (χ1v) is 9.16. The molecule has 1 aliphatic heterocycles. The molecular weight excluding hydrogens is 332 g/mol. The summed E-state index contributed by atoms with van der Waals surface area (Å²) in [7, 11) is 3.46. The van der Waals surface area contributed by atoms with Crippen molar-refractivity contribution < 1.29 is 14.3 Å². The van der Waals surface area contributed by atoms with Crippen molar-refractivity contribution >= 4 is 11.9 Å². The second-order valence-electron chi connectivity index (χ2n) is 6.30. The zero-order chi connectivity index (χ0) is 18.8. The predicted molar refractivity (Wildman–Crippen MR) is 103 cm³/mol. The number of hydrogen-bond donors (Lipinski definition) is 2. The Balaban J connectivity index is 2.01. The van der Waals surface area contributed by atoms with Gasteiger partial charge in [-0.15, -0.1) is 0 Å². The first-order chi connectivity index (χ1) is 12.6. The van der Waals surface area contributed by atoms with Gasteiger partial charge in [0.2, 0.25) is 5.91 Å². The number of hydrogen-bond acceptors (Lipinski definition) is 4. The number of nitrogens with zero attached hydrogens (tertiary/aromatic N) is 2. The highest BCUT2D eigenvalue weighted by molar-refractivity contribution is 5.85. The van der Waals surface area contributed by atoms with Gasteiger partial charge in [-0.25, -0.2) is 4.99 Å². The highest BCUT2D eigenvalue weighted by Crippen LogP contribution is 2.31. The van der Waals surface area contributed by atoms with Gasteiger partial charge in [0.25, 0.3) is 0 Å². The number of ether oxygens (including phenoxy) is 2. The largest absolute Gasteiger partial charge is 0.493 e. The summed E-state index contributed by atoms with van der Waals surface area (Å²) in [4.78, 5) is 17.9. The Bertz CT molecular complexity index is 604. The van der Waals surface area contributed by atoms with Crippen LogP contribution in [-0.4, -0.2) is 63.8 Å². The lowest BCUT2D eigenvalue weighted by Crippen LogP contribution is -2.42. The van der Waals surface area contributed by atoms with Crippen LogP contribution in [-0.2, 0) is 9.53 Å². The summed E-state index contributed by atoms with van der Waals surface area (Å²) in [5, 5.41) is 6.74. The van der Waals surface area contributed by atoms with E-state index in [2.05, 4.69) is 21.7 Å². The van der Waals surface area contributed by atoms with Gasteiger partial charge < -0.3 is 25.0 Å². The Labute approximate surface area is 155 Å². The monoisotopic (exact) mass is 362 g/mol. The van der Waals surface area contributed by atoms with E-state index in [1.807, 2.05) is 25.1 Å². The molecule has 1 amide bonds. The summed E-state index contributed by atoms with van der Waals surface area (Å²) in [5.74, 6) is 1.50. The number of fused-ring (bicyclic) bond motifs is 1. The van der Waals surface area contributed by atoms with Crippen molar-refractivity contribution in [3.63, 3.8) is 0 Å². The molecule has 1 aliphatic rings. The third kappa shape index (κ3) is 6.22. The second kappa shape index (κ2) is 10.7. The van der Waals surface area contributed by atoms with Gasteiger partial charge >= 0.3 is 0 Å². The molecule has 0 spiro atoms. The average Bonchev–Trinajstić information content (AvgIpc) is 2.65. The molecule has 1 unspecified atom stereocenters. The SMILES string of the molecule is CCOCCCNC(=NCC(=O)N(C)C)NC1CCOc2ccccc21. The fourth-order valence-corrected chi connectivity index (χ4v) is 2.62. The number of nitrogens with one attached hydrogen (secondary N) is 2. The lowest BCUT2D eigenvalue weighted by Gasteiger charge is -2.28. The minimum absolute atomic E-state index is 0.0345. The van der Waals surface area contributed by atoms with Crippen molar-refractivity contribution in [3.05, 3.63) is 29.8 Å². The third-order valence-electron chi connectivity index (χ3n) is 4.10. The summed E-state index contributed by atoms with van der Waals surface area (Å²) in [6.45, 7) is 4.90. The minimum atomic E-state index is -0.0345. The van der Waals surface area contributed by atoms with E-state index in [0.29, 0.717) is 19.2 Å². The second-order valence-corrected chi connectivity index (χ2v) is 6.30. The fraction of sp³-hybridized carbons (Fsp3) is 0.579. The normalized spacial score (nSPS) is 16.4. The number of aliphatic imine (C=N–C) groups is 1. The third-order valence-corrected chi connectivity index (χ3v) is 4.10. The van der Waals surface area contributed by atoms with Gasteiger partial charge in [-0.05, 0) is 19.4 Å². The highest BCUT2D eigenvalue weighted by atomic mass is 16.5. The predicted octanol–water partition coefficient (Wildman–Crippen LogP) is 1.56. The van der Waals surface area contributed by atoms with Crippen molar-refractivity contribution in [2.45, 2.75) is 25.8 Å². The number of benzene rings is 1. The van der Waals surface area contributed by atoms with Crippen LogP contribution in [0.5, 0.6) is 5.75 Å². The van der Waals surface area contributed by atoms with E-state index in [9.17, 15) is 4.79 Å². The molecule has 1 aromatic rings. The maximum atomic E-state index is 11.9. The zero-order valence-electron chi connectivity index (χ0n) is 16.0. The van der Waals surface area contributed by atoms with Crippen molar-refractivity contribution in [1.29, 1.82) is 0 Å². The molecule has 2 N–H and O–H groups in total. The molecule has 144 valence electrons. The van der Waals surface area contributed by atoms with Crippen LogP contribution in [0.4, 0.5) is 0 Å². The van der Waals surface area contributed by atoms with Gasteiger partial charge in [-0.2, -0.15) is 0 Å². The van der Waals surface area contributed by atoms with Crippen LogP contribution in [0.25, 0.3) is 0 Å². The Hall–Kier alpha value is -2.28. The van der Waals surface area contributed by atoms with Crippen LogP contribution < -0.4 is 15.4 Å². The number of para-hydroxylation sites is 1. The summed E-state index contributed by atoms with van der Waals surface area (Å²) in [5.41, 5.74) is 1.11. The molecule has 0 bridgehead atoms. The molecule has 0 aliphatic carbocycles. The van der Waals surface area contributed by atoms with Crippen LogP contribution in [0.1, 0.15) is 31.4 Å².